The maximum absolute atomic E-state index is 12.6. The van der Waals surface area contributed by atoms with Gasteiger partial charge in [0.25, 0.3) is 0 Å². The highest BCUT2D eigenvalue weighted by Gasteiger charge is 2.44. The molecule has 2 aliphatic rings. The Morgan fingerprint density at radius 3 is 2.68 bits per heavy atom. The van der Waals surface area contributed by atoms with Crippen LogP contribution in [0, 0.1) is 0 Å². The van der Waals surface area contributed by atoms with Gasteiger partial charge in [0.15, 0.2) is 9.84 Å². The minimum atomic E-state index is -3.06. The van der Waals surface area contributed by atoms with Crippen molar-refractivity contribution in [1.82, 2.24) is 19.9 Å². The van der Waals surface area contributed by atoms with E-state index < -0.39 is 15.1 Å². The molecule has 2 aliphatic heterocycles. The zero-order valence-corrected chi connectivity index (χ0v) is 14.6. The minimum Gasteiger partial charge on any atom is -0.341 e. The maximum atomic E-state index is 12.6. The molecule has 25 heavy (non-hydrogen) atoms. The van der Waals surface area contributed by atoms with Crippen LogP contribution in [0.25, 0.3) is 5.69 Å². The Balaban J connectivity index is 1.45. The zero-order chi connectivity index (χ0) is 17.4. The first-order valence-electron chi connectivity index (χ1n) is 8.51. The van der Waals surface area contributed by atoms with Gasteiger partial charge in [-0.15, -0.1) is 0 Å². The first-order chi connectivity index (χ1) is 12.0. The normalized spacial score (nSPS) is 24.9. The number of carbonyl (C=O) groups is 1. The van der Waals surface area contributed by atoms with Crippen LogP contribution in [-0.2, 0) is 21.1 Å². The minimum absolute atomic E-state index is 0.0807. The van der Waals surface area contributed by atoms with E-state index in [0.29, 0.717) is 31.6 Å². The van der Waals surface area contributed by atoms with E-state index >= 15 is 0 Å². The summed E-state index contributed by atoms with van der Waals surface area (Å²) in [6.07, 6.45) is 3.68. The lowest BCUT2D eigenvalue weighted by molar-refractivity contribution is -0.130. The Bertz CT molecular complexity index is 878. The molecule has 0 saturated carbocycles. The van der Waals surface area contributed by atoms with Crippen LogP contribution in [0.5, 0.6) is 0 Å². The molecule has 1 aromatic carbocycles. The van der Waals surface area contributed by atoms with E-state index in [1.54, 1.807) is 11.1 Å². The van der Waals surface area contributed by atoms with Crippen LogP contribution in [-0.4, -0.2) is 57.8 Å². The molecule has 2 fully saturated rings. The SMILES string of the molecule is O=C(Cc1cnn(-c2ccccc2)n1)N1CCC2CCC(C1)S2(=O)=O. The van der Waals surface area contributed by atoms with Gasteiger partial charge in [-0.3, -0.25) is 4.79 Å². The predicted molar refractivity (Wildman–Crippen MR) is 92.0 cm³/mol. The summed E-state index contributed by atoms with van der Waals surface area (Å²) < 4.78 is 24.6. The predicted octanol–water partition coefficient (Wildman–Crippen LogP) is 0.988. The van der Waals surface area contributed by atoms with E-state index in [9.17, 15) is 13.2 Å². The third kappa shape index (κ3) is 3.06. The van der Waals surface area contributed by atoms with Crippen molar-refractivity contribution in [2.24, 2.45) is 0 Å². The van der Waals surface area contributed by atoms with E-state index in [4.69, 9.17) is 0 Å². The Morgan fingerprint density at radius 2 is 1.88 bits per heavy atom. The second-order valence-corrected chi connectivity index (χ2v) is 9.19. The van der Waals surface area contributed by atoms with Gasteiger partial charge in [0.05, 0.1) is 34.5 Å². The summed E-state index contributed by atoms with van der Waals surface area (Å²) in [6.45, 7) is 0.816. The Kier molecular flexibility index (Phi) is 4.07. The van der Waals surface area contributed by atoms with Gasteiger partial charge < -0.3 is 4.90 Å². The molecule has 0 radical (unpaired) electrons. The molecule has 2 saturated heterocycles. The van der Waals surface area contributed by atoms with Gasteiger partial charge in [-0.05, 0) is 31.4 Å². The first kappa shape index (κ1) is 16.3. The lowest BCUT2D eigenvalue weighted by Crippen LogP contribution is -2.38. The summed E-state index contributed by atoms with van der Waals surface area (Å²) in [4.78, 5) is 15.8. The number of rotatable bonds is 3. The molecule has 132 valence electrons. The molecular weight excluding hydrogens is 340 g/mol. The number of hydrogen-bond acceptors (Lipinski definition) is 5. The average Bonchev–Trinajstić information content (AvgIpc) is 3.11. The molecule has 3 heterocycles. The number of carbonyl (C=O) groups excluding carboxylic acids is 1. The molecule has 8 heteroatoms. The summed E-state index contributed by atoms with van der Waals surface area (Å²) in [5.74, 6) is -0.0807. The fourth-order valence-corrected chi connectivity index (χ4v) is 5.96. The fraction of sp³-hybridized carbons (Fsp3) is 0.471. The standard InChI is InChI=1S/C17H20N4O3S/c22-17(20-9-8-15-6-7-16(12-20)25(15,23)24)10-13-11-18-21(19-13)14-4-2-1-3-5-14/h1-5,11,15-16H,6-10,12H2. The molecule has 0 spiro atoms. The van der Waals surface area contributed by atoms with Gasteiger partial charge in [-0.2, -0.15) is 15.0 Å². The van der Waals surface area contributed by atoms with Crippen LogP contribution < -0.4 is 0 Å². The van der Waals surface area contributed by atoms with Crippen LogP contribution in [0.3, 0.4) is 0 Å². The van der Waals surface area contributed by atoms with E-state index in [1.165, 1.54) is 4.80 Å². The zero-order valence-electron chi connectivity index (χ0n) is 13.8. The summed E-state index contributed by atoms with van der Waals surface area (Å²) in [6, 6.07) is 9.50. The molecule has 1 aromatic heterocycles. The van der Waals surface area contributed by atoms with Crippen molar-refractivity contribution in [3.63, 3.8) is 0 Å². The van der Waals surface area contributed by atoms with Gasteiger partial charge in [0.1, 0.15) is 0 Å². The Morgan fingerprint density at radius 1 is 1.12 bits per heavy atom. The van der Waals surface area contributed by atoms with E-state index in [2.05, 4.69) is 10.2 Å². The summed E-state index contributed by atoms with van der Waals surface area (Å²) in [7, 11) is -3.06. The van der Waals surface area contributed by atoms with Crippen molar-refractivity contribution >= 4 is 15.7 Å². The number of fused-ring (bicyclic) bond motifs is 2. The van der Waals surface area contributed by atoms with Gasteiger partial charge in [0, 0.05) is 13.1 Å². The monoisotopic (exact) mass is 360 g/mol. The number of para-hydroxylation sites is 1. The lowest BCUT2D eigenvalue weighted by atomic mass is 10.1. The van der Waals surface area contributed by atoms with E-state index in [1.807, 2.05) is 30.3 Å². The highest BCUT2D eigenvalue weighted by molar-refractivity contribution is 7.93. The quantitative estimate of drug-likeness (QED) is 0.815. The highest BCUT2D eigenvalue weighted by atomic mass is 32.2. The number of likely N-dealkylation sites (tertiary alicyclic amines) is 1. The van der Waals surface area contributed by atoms with Crippen molar-refractivity contribution in [2.75, 3.05) is 13.1 Å². The molecule has 0 aliphatic carbocycles. The molecule has 2 aromatic rings. The number of amides is 1. The van der Waals surface area contributed by atoms with Crippen molar-refractivity contribution in [2.45, 2.75) is 36.2 Å². The number of nitrogens with zero attached hydrogens (tertiary/aromatic N) is 4. The van der Waals surface area contributed by atoms with Crippen LogP contribution in [0.1, 0.15) is 25.0 Å². The third-order valence-corrected chi connectivity index (χ3v) is 7.81. The van der Waals surface area contributed by atoms with Gasteiger partial charge in [-0.1, -0.05) is 18.2 Å². The van der Waals surface area contributed by atoms with Crippen LogP contribution in [0.4, 0.5) is 0 Å². The number of hydrogen-bond donors (Lipinski definition) is 0. The smallest absolute Gasteiger partial charge is 0.228 e. The van der Waals surface area contributed by atoms with Crippen LogP contribution in [0.2, 0.25) is 0 Å². The second kappa shape index (κ2) is 6.25. The van der Waals surface area contributed by atoms with Crippen molar-refractivity contribution in [3.8, 4) is 5.69 Å². The number of aromatic nitrogens is 3. The molecule has 2 unspecified atom stereocenters. The van der Waals surface area contributed by atoms with Crippen LogP contribution in [0.15, 0.2) is 36.5 Å². The van der Waals surface area contributed by atoms with Crippen molar-refractivity contribution in [1.29, 1.82) is 0 Å². The molecule has 0 N–H and O–H groups in total. The highest BCUT2D eigenvalue weighted by Crippen LogP contribution is 2.33. The molecular formula is C17H20N4O3S. The molecule has 1 amide bonds. The summed E-state index contributed by atoms with van der Waals surface area (Å²) >= 11 is 0. The van der Waals surface area contributed by atoms with E-state index in [-0.39, 0.29) is 17.6 Å². The van der Waals surface area contributed by atoms with Crippen molar-refractivity contribution < 1.29 is 13.2 Å². The van der Waals surface area contributed by atoms with Crippen molar-refractivity contribution in [3.05, 3.63) is 42.2 Å². The first-order valence-corrected chi connectivity index (χ1v) is 10.1. The Hall–Kier alpha value is -2.22. The number of benzene rings is 1. The topological polar surface area (TPSA) is 85.2 Å². The van der Waals surface area contributed by atoms with Gasteiger partial charge in [-0.25, -0.2) is 8.42 Å². The van der Waals surface area contributed by atoms with Gasteiger partial charge in [0.2, 0.25) is 5.91 Å². The summed E-state index contributed by atoms with van der Waals surface area (Å²) in [5.41, 5.74) is 1.42. The molecule has 2 atom stereocenters. The fourth-order valence-electron chi connectivity index (χ4n) is 3.67. The second-order valence-electron chi connectivity index (χ2n) is 6.68. The molecule has 7 nitrogen and oxygen atoms in total. The van der Waals surface area contributed by atoms with Gasteiger partial charge >= 0.3 is 0 Å². The largest absolute Gasteiger partial charge is 0.341 e. The number of sulfone groups is 1. The average molecular weight is 360 g/mol. The maximum Gasteiger partial charge on any atom is 0.228 e. The molecule has 4 rings (SSSR count). The Labute approximate surface area is 146 Å². The van der Waals surface area contributed by atoms with E-state index in [0.717, 1.165) is 12.1 Å². The molecule has 2 bridgehead atoms. The lowest BCUT2D eigenvalue weighted by Gasteiger charge is -2.23. The summed E-state index contributed by atoms with van der Waals surface area (Å²) in [5, 5.41) is 7.89. The third-order valence-electron chi connectivity index (χ3n) is 5.10. The van der Waals surface area contributed by atoms with Crippen LogP contribution >= 0.6 is 0 Å².